The minimum absolute atomic E-state index is 0.0442. The number of pyridine rings is 1. The number of benzene rings is 1. The highest BCUT2D eigenvalue weighted by Crippen LogP contribution is 2.32. The zero-order chi connectivity index (χ0) is 17.0. The topological polar surface area (TPSA) is 57.7 Å². The third kappa shape index (κ3) is 3.99. The molecule has 0 fully saturated rings. The van der Waals surface area contributed by atoms with Gasteiger partial charge in [0.25, 0.3) is 0 Å². The Morgan fingerprint density at radius 3 is 2.52 bits per heavy atom. The van der Waals surface area contributed by atoms with Gasteiger partial charge in [-0.3, -0.25) is 0 Å². The summed E-state index contributed by atoms with van der Waals surface area (Å²) in [6, 6.07) is 5.16. The molecule has 0 aliphatic heterocycles. The number of nitrogens with zero attached hydrogens (tertiary/aromatic N) is 1. The molecule has 1 heterocycles. The Labute approximate surface area is 148 Å². The molecular formula is C15H12Cl3NO4. The van der Waals surface area contributed by atoms with E-state index in [1.807, 2.05) is 0 Å². The average molecular weight is 377 g/mol. The molecule has 0 spiro atoms. The summed E-state index contributed by atoms with van der Waals surface area (Å²) < 4.78 is 15.6. The molecule has 0 N–H and O–H groups in total. The Bertz CT molecular complexity index is 737. The number of methoxy groups -OCH3 is 2. The molecule has 23 heavy (non-hydrogen) atoms. The van der Waals surface area contributed by atoms with Crippen molar-refractivity contribution in [2.24, 2.45) is 0 Å². The Morgan fingerprint density at radius 2 is 1.87 bits per heavy atom. The number of esters is 1. The number of halogens is 3. The predicted octanol–water partition coefficient (Wildman–Crippen LogP) is 4.42. The van der Waals surface area contributed by atoms with Crippen LogP contribution in [0.25, 0.3) is 0 Å². The van der Waals surface area contributed by atoms with Crippen LogP contribution in [0.4, 0.5) is 0 Å². The molecule has 0 unspecified atom stereocenters. The van der Waals surface area contributed by atoms with E-state index >= 15 is 0 Å². The van der Waals surface area contributed by atoms with Crippen molar-refractivity contribution in [1.82, 2.24) is 4.98 Å². The van der Waals surface area contributed by atoms with Gasteiger partial charge in [-0.25, -0.2) is 9.78 Å². The van der Waals surface area contributed by atoms with E-state index in [2.05, 4.69) is 4.98 Å². The first-order valence-corrected chi connectivity index (χ1v) is 7.48. The van der Waals surface area contributed by atoms with Crippen LogP contribution in [0.5, 0.6) is 11.5 Å². The van der Waals surface area contributed by atoms with Gasteiger partial charge in [-0.2, -0.15) is 0 Å². The maximum atomic E-state index is 12.1. The van der Waals surface area contributed by atoms with Gasteiger partial charge in [0.1, 0.15) is 18.1 Å². The predicted molar refractivity (Wildman–Crippen MR) is 87.9 cm³/mol. The molecule has 8 heteroatoms. The number of carbonyl (C=O) groups excluding carboxylic acids is 1. The van der Waals surface area contributed by atoms with E-state index < -0.39 is 5.97 Å². The Kier molecular flexibility index (Phi) is 5.93. The fraction of sp³-hybridized carbons (Fsp3) is 0.200. The van der Waals surface area contributed by atoms with Gasteiger partial charge in [0.05, 0.1) is 29.3 Å². The van der Waals surface area contributed by atoms with Crippen molar-refractivity contribution in [2.45, 2.75) is 6.61 Å². The number of rotatable bonds is 5. The van der Waals surface area contributed by atoms with Crippen molar-refractivity contribution in [3.63, 3.8) is 0 Å². The molecule has 0 amide bonds. The van der Waals surface area contributed by atoms with Gasteiger partial charge in [-0.05, 0) is 18.2 Å². The number of ether oxygens (including phenoxy) is 3. The summed E-state index contributed by atoms with van der Waals surface area (Å²) in [5, 5.41) is 0.152. The van der Waals surface area contributed by atoms with Crippen LogP contribution in [-0.2, 0) is 11.3 Å². The first-order chi connectivity index (χ1) is 11.0. The Balaban J connectivity index is 2.18. The zero-order valence-electron chi connectivity index (χ0n) is 12.2. The maximum absolute atomic E-state index is 12.1. The fourth-order valence-electron chi connectivity index (χ4n) is 1.79. The molecule has 0 saturated heterocycles. The van der Waals surface area contributed by atoms with Crippen molar-refractivity contribution in [1.29, 1.82) is 0 Å². The number of hydrogen-bond acceptors (Lipinski definition) is 5. The Morgan fingerprint density at radius 1 is 1.13 bits per heavy atom. The highest BCUT2D eigenvalue weighted by molar-refractivity contribution is 6.48. The summed E-state index contributed by atoms with van der Waals surface area (Å²) in [5.74, 6) is 0.452. The summed E-state index contributed by atoms with van der Waals surface area (Å²) in [6.45, 7) is -0.0442. The van der Waals surface area contributed by atoms with Crippen LogP contribution >= 0.6 is 34.8 Å². The molecule has 2 aromatic rings. The lowest BCUT2D eigenvalue weighted by Gasteiger charge is -2.11. The van der Waals surface area contributed by atoms with Crippen LogP contribution in [0.3, 0.4) is 0 Å². The third-order valence-corrected chi connectivity index (χ3v) is 4.20. The molecule has 0 radical (unpaired) electrons. The fourth-order valence-corrected chi connectivity index (χ4v) is 2.35. The summed E-state index contributed by atoms with van der Waals surface area (Å²) >= 11 is 17.6. The molecule has 0 atom stereocenters. The molecule has 5 nitrogen and oxygen atoms in total. The molecular weight excluding hydrogens is 365 g/mol. The largest absolute Gasteiger partial charge is 0.497 e. The zero-order valence-corrected chi connectivity index (χ0v) is 14.5. The molecule has 0 aliphatic carbocycles. The van der Waals surface area contributed by atoms with Crippen molar-refractivity contribution >= 4 is 40.8 Å². The van der Waals surface area contributed by atoms with E-state index in [0.717, 1.165) is 0 Å². The second-order valence-corrected chi connectivity index (χ2v) is 5.50. The van der Waals surface area contributed by atoms with Crippen LogP contribution in [0.2, 0.25) is 15.1 Å². The second kappa shape index (κ2) is 7.73. The molecule has 0 saturated carbocycles. The minimum Gasteiger partial charge on any atom is -0.497 e. The van der Waals surface area contributed by atoms with Gasteiger partial charge in [0.15, 0.2) is 5.69 Å². The third-order valence-electron chi connectivity index (χ3n) is 2.96. The van der Waals surface area contributed by atoms with E-state index in [1.54, 1.807) is 18.2 Å². The average Bonchev–Trinajstić information content (AvgIpc) is 2.57. The summed E-state index contributed by atoms with van der Waals surface area (Å²) in [5.41, 5.74) is 0.527. The number of aromatic nitrogens is 1. The summed E-state index contributed by atoms with van der Waals surface area (Å²) in [6.07, 6.45) is 1.23. The minimum atomic E-state index is -0.724. The van der Waals surface area contributed by atoms with Crippen LogP contribution in [0.15, 0.2) is 24.4 Å². The maximum Gasteiger partial charge on any atom is 0.358 e. The number of carbonyl (C=O) groups is 1. The van der Waals surface area contributed by atoms with Gasteiger partial charge in [-0.15, -0.1) is 0 Å². The molecule has 1 aromatic carbocycles. The van der Waals surface area contributed by atoms with E-state index in [4.69, 9.17) is 49.0 Å². The summed E-state index contributed by atoms with van der Waals surface area (Å²) in [7, 11) is 3.06. The molecule has 1 aromatic heterocycles. The van der Waals surface area contributed by atoms with Crippen molar-refractivity contribution in [3.8, 4) is 11.5 Å². The highest BCUT2D eigenvalue weighted by Gasteiger charge is 2.19. The molecule has 122 valence electrons. The van der Waals surface area contributed by atoms with E-state index in [-0.39, 0.29) is 27.4 Å². The quantitative estimate of drug-likeness (QED) is 0.723. The van der Waals surface area contributed by atoms with Crippen LogP contribution in [-0.4, -0.2) is 25.2 Å². The normalized spacial score (nSPS) is 10.3. The first-order valence-electron chi connectivity index (χ1n) is 6.35. The van der Waals surface area contributed by atoms with Gasteiger partial charge in [-0.1, -0.05) is 34.8 Å². The second-order valence-electron chi connectivity index (χ2n) is 4.34. The van der Waals surface area contributed by atoms with Crippen LogP contribution in [0, 0.1) is 0 Å². The monoisotopic (exact) mass is 375 g/mol. The lowest BCUT2D eigenvalue weighted by molar-refractivity contribution is 0.0463. The molecule has 2 rings (SSSR count). The highest BCUT2D eigenvalue weighted by atomic mass is 35.5. The first kappa shape index (κ1) is 17.7. The van der Waals surface area contributed by atoms with E-state index in [0.29, 0.717) is 17.1 Å². The van der Waals surface area contributed by atoms with Crippen LogP contribution < -0.4 is 9.47 Å². The summed E-state index contributed by atoms with van der Waals surface area (Å²) in [4.78, 5) is 16.0. The van der Waals surface area contributed by atoms with E-state index in [1.165, 1.54) is 20.4 Å². The Hall–Kier alpha value is -1.69. The standard InChI is InChI=1S/C15H12Cl3NO4/c1-21-9-3-4-11(22-2)8(5-9)7-23-15(20)14-13(18)12(17)10(16)6-19-14/h3-6H,7H2,1-2H3. The lowest BCUT2D eigenvalue weighted by Crippen LogP contribution is -2.09. The van der Waals surface area contributed by atoms with Crippen molar-refractivity contribution < 1.29 is 19.0 Å². The lowest BCUT2D eigenvalue weighted by atomic mass is 10.2. The van der Waals surface area contributed by atoms with Gasteiger partial charge < -0.3 is 14.2 Å². The smallest absolute Gasteiger partial charge is 0.358 e. The van der Waals surface area contributed by atoms with Crippen molar-refractivity contribution in [2.75, 3.05) is 14.2 Å². The molecule has 0 bridgehead atoms. The number of hydrogen-bond donors (Lipinski definition) is 0. The van der Waals surface area contributed by atoms with E-state index in [9.17, 15) is 4.79 Å². The van der Waals surface area contributed by atoms with Crippen LogP contribution in [0.1, 0.15) is 16.1 Å². The SMILES string of the molecule is COc1ccc(OC)c(COC(=O)c2ncc(Cl)c(Cl)c2Cl)c1. The van der Waals surface area contributed by atoms with Gasteiger partial charge in [0.2, 0.25) is 0 Å². The molecule has 0 aliphatic rings. The van der Waals surface area contributed by atoms with Crippen molar-refractivity contribution in [3.05, 3.63) is 50.7 Å². The van der Waals surface area contributed by atoms with Gasteiger partial charge >= 0.3 is 5.97 Å². The van der Waals surface area contributed by atoms with Gasteiger partial charge in [0, 0.05) is 11.8 Å².